The molecule has 1 N–H and O–H groups in total. The third kappa shape index (κ3) is 5.60. The fraction of sp³-hybridized carbons (Fsp3) is 0.368. The second-order valence-electron chi connectivity index (χ2n) is 14.7. The molecular weight excluding hydrogens is 514 g/mol. The van der Waals surface area contributed by atoms with Crippen molar-refractivity contribution in [2.45, 2.75) is 85.0 Å². The number of hydrogen-bond acceptors (Lipinski definition) is 3. The molecule has 0 spiro atoms. The van der Waals surface area contributed by atoms with Gasteiger partial charge in [0.1, 0.15) is 22.5 Å². The first-order valence-corrected chi connectivity index (χ1v) is 15.0. The maximum Gasteiger partial charge on any atom is 0.147 e. The zero-order valence-electron chi connectivity index (χ0n) is 26.7. The molecule has 0 fully saturated rings. The molecule has 0 amide bonds. The minimum atomic E-state index is -0.459. The Morgan fingerprint density at radius 1 is 0.571 bits per heavy atom. The van der Waals surface area contributed by atoms with Crippen molar-refractivity contribution >= 4 is 11.0 Å². The molecule has 5 rings (SSSR count). The van der Waals surface area contributed by atoms with Crippen LogP contribution < -0.4 is 0 Å². The van der Waals surface area contributed by atoms with Crippen molar-refractivity contribution in [3.05, 3.63) is 119 Å². The van der Waals surface area contributed by atoms with E-state index in [1.54, 1.807) is 4.80 Å². The van der Waals surface area contributed by atoms with Crippen LogP contribution in [0.4, 0.5) is 0 Å². The van der Waals surface area contributed by atoms with E-state index in [-0.39, 0.29) is 22.0 Å². The molecule has 42 heavy (non-hydrogen) atoms. The molecule has 5 aromatic rings. The predicted molar refractivity (Wildman–Crippen MR) is 175 cm³/mol. The quantitative estimate of drug-likeness (QED) is 0.216. The first-order chi connectivity index (χ1) is 19.6. The Morgan fingerprint density at radius 3 is 1.69 bits per heavy atom. The lowest BCUT2D eigenvalue weighted by atomic mass is 9.72. The predicted octanol–water partition coefficient (Wildman–Crippen LogP) is 9.49. The van der Waals surface area contributed by atoms with Crippen molar-refractivity contribution < 1.29 is 5.11 Å². The zero-order chi connectivity index (χ0) is 30.5. The molecule has 218 valence electrons. The summed E-state index contributed by atoms with van der Waals surface area (Å²) >= 11 is 0. The van der Waals surface area contributed by atoms with Gasteiger partial charge in [-0.25, -0.2) is 0 Å². The number of phenolic OH excluding ortho intramolecular Hbond substituents is 1. The van der Waals surface area contributed by atoms with Gasteiger partial charge in [-0.05, 0) is 57.7 Å². The molecule has 4 heteroatoms. The van der Waals surface area contributed by atoms with Crippen LogP contribution in [-0.2, 0) is 16.2 Å². The summed E-state index contributed by atoms with van der Waals surface area (Å²) in [4.78, 5) is 1.62. The van der Waals surface area contributed by atoms with Gasteiger partial charge in [-0.15, -0.1) is 15.0 Å². The smallest absolute Gasteiger partial charge is 0.147 e. The van der Waals surface area contributed by atoms with Crippen molar-refractivity contribution in [1.29, 1.82) is 0 Å². The summed E-state index contributed by atoms with van der Waals surface area (Å²) in [6.45, 7) is 20.2. The average molecular weight is 560 g/mol. The standard InChI is InChI=1S/C38H45N3O/c1-35(2,3)25-36(4,5)28-20-21-31-32(23-28)40-41(39-31)33-24-29(37(6,7)26-16-12-10-13-17-26)22-30(34(33)42)38(8,9)27-18-14-11-15-19-27/h10-24,42H,25H2,1-9H3. The van der Waals surface area contributed by atoms with Crippen LogP contribution in [0.2, 0.25) is 0 Å². The van der Waals surface area contributed by atoms with Crippen LogP contribution in [0.3, 0.4) is 0 Å². The summed E-state index contributed by atoms with van der Waals surface area (Å²) in [6, 6.07) is 31.5. The van der Waals surface area contributed by atoms with Gasteiger partial charge in [0.15, 0.2) is 0 Å². The Hall–Kier alpha value is -3.92. The highest BCUT2D eigenvalue weighted by atomic mass is 16.3. The fourth-order valence-corrected chi connectivity index (χ4v) is 6.51. The van der Waals surface area contributed by atoms with Gasteiger partial charge in [0.05, 0.1) is 0 Å². The van der Waals surface area contributed by atoms with Gasteiger partial charge >= 0.3 is 0 Å². The van der Waals surface area contributed by atoms with Gasteiger partial charge in [-0.2, -0.15) is 0 Å². The molecule has 0 aliphatic rings. The number of phenols is 1. The van der Waals surface area contributed by atoms with E-state index in [4.69, 9.17) is 10.2 Å². The summed E-state index contributed by atoms with van der Waals surface area (Å²) < 4.78 is 0. The first-order valence-electron chi connectivity index (χ1n) is 15.0. The summed E-state index contributed by atoms with van der Waals surface area (Å²) in [5.74, 6) is 0.199. The monoisotopic (exact) mass is 559 g/mol. The van der Waals surface area contributed by atoms with Gasteiger partial charge in [0.2, 0.25) is 0 Å². The molecule has 1 heterocycles. The maximum atomic E-state index is 11.9. The van der Waals surface area contributed by atoms with Gasteiger partial charge < -0.3 is 5.11 Å². The molecule has 0 aliphatic heterocycles. The summed E-state index contributed by atoms with van der Waals surface area (Å²) in [5.41, 5.74) is 7.15. The normalized spacial score (nSPS) is 13.1. The van der Waals surface area contributed by atoms with E-state index in [0.717, 1.165) is 34.1 Å². The lowest BCUT2D eigenvalue weighted by Crippen LogP contribution is -2.24. The van der Waals surface area contributed by atoms with Gasteiger partial charge in [-0.1, -0.05) is 135 Å². The Balaban J connectivity index is 1.70. The van der Waals surface area contributed by atoms with Crippen LogP contribution >= 0.6 is 0 Å². The van der Waals surface area contributed by atoms with E-state index in [0.29, 0.717) is 5.69 Å². The third-order valence-electron chi connectivity index (χ3n) is 8.83. The molecule has 0 unspecified atom stereocenters. The second kappa shape index (κ2) is 10.4. The van der Waals surface area contributed by atoms with Crippen LogP contribution in [0.5, 0.6) is 5.75 Å². The van der Waals surface area contributed by atoms with E-state index in [9.17, 15) is 5.11 Å². The Kier molecular flexibility index (Phi) is 7.33. The van der Waals surface area contributed by atoms with Crippen molar-refractivity contribution in [2.75, 3.05) is 0 Å². The molecule has 4 aromatic carbocycles. The SMILES string of the molecule is CC(C)(C)CC(C)(C)c1ccc2nn(-c3cc(C(C)(C)c4ccccc4)cc(C(C)(C)c4ccccc4)c3O)nc2c1. The number of hydrogen-bond donors (Lipinski definition) is 1. The summed E-state index contributed by atoms with van der Waals surface area (Å²) in [7, 11) is 0. The van der Waals surface area contributed by atoms with Gasteiger partial charge in [0, 0.05) is 16.4 Å². The number of fused-ring (bicyclic) bond motifs is 1. The summed E-state index contributed by atoms with van der Waals surface area (Å²) in [6.07, 6.45) is 1.05. The number of rotatable bonds is 7. The van der Waals surface area contributed by atoms with Crippen LogP contribution in [0.1, 0.15) is 96.6 Å². The highest BCUT2D eigenvalue weighted by Crippen LogP contribution is 2.44. The molecular formula is C38H45N3O. The van der Waals surface area contributed by atoms with E-state index in [1.807, 2.05) is 24.3 Å². The molecule has 0 bridgehead atoms. The Bertz CT molecular complexity index is 1700. The number of nitrogens with zero attached hydrogens (tertiary/aromatic N) is 3. The molecule has 0 saturated heterocycles. The minimum absolute atomic E-state index is 0.00907. The lowest BCUT2D eigenvalue weighted by Gasteiger charge is -2.32. The van der Waals surface area contributed by atoms with Crippen molar-refractivity contribution in [2.24, 2.45) is 5.41 Å². The minimum Gasteiger partial charge on any atom is -0.505 e. The second-order valence-corrected chi connectivity index (χ2v) is 14.7. The molecule has 0 radical (unpaired) electrons. The van der Waals surface area contributed by atoms with Gasteiger partial charge in [-0.3, -0.25) is 0 Å². The lowest BCUT2D eigenvalue weighted by molar-refractivity contribution is 0.284. The summed E-state index contributed by atoms with van der Waals surface area (Å²) in [5, 5.41) is 21.8. The maximum absolute atomic E-state index is 11.9. The van der Waals surface area contributed by atoms with Crippen molar-refractivity contribution in [3.8, 4) is 11.4 Å². The average Bonchev–Trinajstić information content (AvgIpc) is 3.36. The van der Waals surface area contributed by atoms with Crippen molar-refractivity contribution in [1.82, 2.24) is 15.0 Å². The van der Waals surface area contributed by atoms with E-state index >= 15 is 0 Å². The van der Waals surface area contributed by atoms with E-state index < -0.39 is 5.41 Å². The van der Waals surface area contributed by atoms with Crippen molar-refractivity contribution in [3.63, 3.8) is 0 Å². The largest absolute Gasteiger partial charge is 0.505 e. The van der Waals surface area contributed by atoms with Crippen LogP contribution in [-0.4, -0.2) is 20.1 Å². The van der Waals surface area contributed by atoms with E-state index in [1.165, 1.54) is 11.1 Å². The molecule has 0 aliphatic carbocycles. The first kappa shape index (κ1) is 29.6. The highest BCUT2D eigenvalue weighted by Gasteiger charge is 2.33. The van der Waals surface area contributed by atoms with Gasteiger partial charge in [0.25, 0.3) is 0 Å². The number of aromatic nitrogens is 3. The number of aromatic hydroxyl groups is 1. The number of benzene rings is 4. The molecule has 0 saturated carbocycles. The highest BCUT2D eigenvalue weighted by molar-refractivity contribution is 5.75. The zero-order valence-corrected chi connectivity index (χ0v) is 26.7. The van der Waals surface area contributed by atoms with Crippen LogP contribution in [0.15, 0.2) is 91.0 Å². The molecule has 4 nitrogen and oxygen atoms in total. The van der Waals surface area contributed by atoms with Crippen LogP contribution in [0.25, 0.3) is 16.7 Å². The Labute approximate surface area is 251 Å². The Morgan fingerprint density at radius 2 is 1.12 bits per heavy atom. The molecule has 1 aromatic heterocycles. The van der Waals surface area contributed by atoms with Crippen LogP contribution in [0, 0.1) is 5.41 Å². The fourth-order valence-electron chi connectivity index (χ4n) is 6.51. The molecule has 0 atom stereocenters. The topological polar surface area (TPSA) is 50.9 Å². The third-order valence-corrected chi connectivity index (χ3v) is 8.83. The van der Waals surface area contributed by atoms with E-state index in [2.05, 4.69) is 129 Å².